The van der Waals surface area contributed by atoms with E-state index in [1.165, 1.54) is 11.1 Å². The van der Waals surface area contributed by atoms with Crippen LogP contribution in [0.3, 0.4) is 0 Å². The molecule has 1 N–H and O–H groups in total. The molecule has 1 aromatic heterocycles. The molecule has 138 valence electrons. The zero-order valence-electron chi connectivity index (χ0n) is 14.9. The van der Waals surface area contributed by atoms with E-state index in [-0.39, 0.29) is 30.3 Å². The van der Waals surface area contributed by atoms with Gasteiger partial charge in [0.15, 0.2) is 0 Å². The Kier molecular flexibility index (Phi) is 4.26. The first-order valence-corrected chi connectivity index (χ1v) is 9.03. The molecule has 2 atom stereocenters. The van der Waals surface area contributed by atoms with E-state index >= 15 is 0 Å². The van der Waals surface area contributed by atoms with Crippen LogP contribution in [0.5, 0.6) is 0 Å². The first-order chi connectivity index (χ1) is 12.5. The lowest BCUT2D eigenvalue weighted by Crippen LogP contribution is -2.55. The summed E-state index contributed by atoms with van der Waals surface area (Å²) in [7, 11) is 0. The number of nitrogens with one attached hydrogen (secondary N) is 1. The Labute approximate surface area is 151 Å². The number of carbonyl (C=O) groups excluding carboxylic acids is 2. The highest BCUT2D eigenvalue weighted by Gasteiger charge is 2.41. The smallest absolute Gasteiger partial charge is 0.255 e. The molecule has 7 heteroatoms. The second-order valence-electron chi connectivity index (χ2n) is 7.42. The molecule has 1 unspecified atom stereocenters. The lowest BCUT2D eigenvalue weighted by atomic mass is 9.92. The minimum absolute atomic E-state index is 0.0332. The zero-order chi connectivity index (χ0) is 18.4. The molecule has 1 saturated heterocycles. The van der Waals surface area contributed by atoms with Gasteiger partial charge in [-0.2, -0.15) is 0 Å². The fourth-order valence-electron chi connectivity index (χ4n) is 4.05. The third kappa shape index (κ3) is 2.70. The number of allylic oxidation sites excluding steroid dienone is 1. The van der Waals surface area contributed by atoms with Crippen molar-refractivity contribution in [2.45, 2.75) is 45.3 Å². The van der Waals surface area contributed by atoms with Crippen LogP contribution in [0.1, 0.15) is 37.1 Å². The van der Waals surface area contributed by atoms with E-state index in [9.17, 15) is 14.0 Å². The molecule has 26 heavy (non-hydrogen) atoms. The third-order valence-electron chi connectivity index (χ3n) is 5.31. The highest BCUT2D eigenvalue weighted by molar-refractivity contribution is 6.23. The highest BCUT2D eigenvalue weighted by atomic mass is 19.1. The van der Waals surface area contributed by atoms with Gasteiger partial charge in [-0.15, -0.1) is 0 Å². The van der Waals surface area contributed by atoms with Crippen molar-refractivity contribution in [3.05, 3.63) is 34.9 Å². The van der Waals surface area contributed by atoms with Crippen LogP contribution in [0.25, 0.3) is 5.57 Å². The molecule has 0 spiro atoms. The number of nitrogens with zero attached hydrogens (tertiary/aromatic N) is 2. The molecule has 3 heterocycles. The summed E-state index contributed by atoms with van der Waals surface area (Å²) in [6.07, 6.45) is 4.28. The van der Waals surface area contributed by atoms with Crippen LogP contribution in [0.15, 0.2) is 12.3 Å². The minimum atomic E-state index is -0.659. The van der Waals surface area contributed by atoms with Crippen molar-refractivity contribution in [2.24, 2.45) is 5.92 Å². The van der Waals surface area contributed by atoms with E-state index in [4.69, 9.17) is 4.74 Å². The van der Waals surface area contributed by atoms with Crippen LogP contribution in [0.4, 0.5) is 4.39 Å². The number of carbonyl (C=O) groups is 2. The summed E-state index contributed by atoms with van der Waals surface area (Å²) in [5, 5.41) is 2.98. The molecular weight excluding hydrogens is 337 g/mol. The van der Waals surface area contributed by atoms with E-state index < -0.39 is 11.9 Å². The van der Waals surface area contributed by atoms with E-state index in [1.54, 1.807) is 6.08 Å². The van der Waals surface area contributed by atoms with E-state index in [0.717, 1.165) is 12.1 Å². The van der Waals surface area contributed by atoms with Crippen molar-refractivity contribution in [3.8, 4) is 0 Å². The van der Waals surface area contributed by atoms with Gasteiger partial charge < -0.3 is 15.0 Å². The third-order valence-corrected chi connectivity index (χ3v) is 5.31. The Morgan fingerprint density at radius 2 is 2.27 bits per heavy atom. The maximum absolute atomic E-state index is 14.4. The number of hydrogen-bond acceptors (Lipinski definition) is 4. The Hall–Kier alpha value is -2.28. The Morgan fingerprint density at radius 3 is 2.96 bits per heavy atom. The second kappa shape index (κ2) is 6.46. The fraction of sp³-hybridized carbons (Fsp3) is 0.526. The van der Waals surface area contributed by atoms with Crippen LogP contribution in [0.2, 0.25) is 0 Å². The standard InChI is InChI=1S/C19H22FN3O3/c1-10(2)17(18(24)22-11-5-6-26-9-11)23-8-13-14(20)7-21-15-4-3-12(16(13)15)19(23)25/h3,7,10-11,17H,4-6,8-9H2,1-2H3,(H,22,24)/t11?,17-/m1/s1. The van der Waals surface area contributed by atoms with Crippen molar-refractivity contribution in [1.82, 2.24) is 15.2 Å². The number of amides is 2. The molecular formula is C19H22FN3O3. The second-order valence-corrected chi connectivity index (χ2v) is 7.42. The monoisotopic (exact) mass is 359 g/mol. The van der Waals surface area contributed by atoms with Crippen molar-refractivity contribution in [2.75, 3.05) is 13.2 Å². The van der Waals surface area contributed by atoms with Crippen LogP contribution in [-0.4, -0.2) is 47.0 Å². The Bertz CT molecular complexity index is 799. The Balaban J connectivity index is 1.66. The summed E-state index contributed by atoms with van der Waals surface area (Å²) in [5.41, 5.74) is 2.29. The van der Waals surface area contributed by atoms with Crippen LogP contribution in [0, 0.1) is 11.7 Å². The molecule has 4 rings (SSSR count). The SMILES string of the molecule is CC(C)[C@H](C(=O)NC1CCOC1)N1Cc2c(F)cnc3c2C(=CC3)C1=O. The number of aromatic nitrogens is 1. The van der Waals surface area contributed by atoms with Gasteiger partial charge >= 0.3 is 0 Å². The van der Waals surface area contributed by atoms with Gasteiger partial charge in [0.1, 0.15) is 11.9 Å². The normalized spacial score (nSPS) is 22.5. The average molecular weight is 359 g/mol. The predicted molar refractivity (Wildman–Crippen MR) is 92.4 cm³/mol. The van der Waals surface area contributed by atoms with Gasteiger partial charge in [0.2, 0.25) is 5.91 Å². The molecule has 1 aliphatic carbocycles. The molecule has 3 aliphatic rings. The molecule has 0 radical (unpaired) electrons. The topological polar surface area (TPSA) is 71.5 Å². The van der Waals surface area contributed by atoms with Gasteiger partial charge in [-0.25, -0.2) is 4.39 Å². The maximum atomic E-state index is 14.4. The lowest BCUT2D eigenvalue weighted by molar-refractivity contribution is -0.139. The van der Waals surface area contributed by atoms with Gasteiger partial charge in [0.25, 0.3) is 5.91 Å². The van der Waals surface area contributed by atoms with Crippen LogP contribution < -0.4 is 5.32 Å². The first kappa shape index (κ1) is 17.1. The molecule has 0 aromatic carbocycles. The fourth-order valence-corrected chi connectivity index (χ4v) is 4.05. The van der Waals surface area contributed by atoms with Crippen molar-refractivity contribution < 1.29 is 18.7 Å². The molecule has 6 nitrogen and oxygen atoms in total. The van der Waals surface area contributed by atoms with Crippen molar-refractivity contribution in [1.29, 1.82) is 0 Å². The minimum Gasteiger partial charge on any atom is -0.379 e. The number of pyridine rings is 1. The number of ether oxygens (including phenoxy) is 1. The molecule has 2 aliphatic heterocycles. The molecule has 1 fully saturated rings. The van der Waals surface area contributed by atoms with Gasteiger partial charge in [-0.05, 0) is 12.3 Å². The summed E-state index contributed by atoms with van der Waals surface area (Å²) in [4.78, 5) is 31.6. The number of halogens is 1. The molecule has 2 amide bonds. The zero-order valence-corrected chi connectivity index (χ0v) is 14.9. The first-order valence-electron chi connectivity index (χ1n) is 9.03. The van der Waals surface area contributed by atoms with Crippen LogP contribution >= 0.6 is 0 Å². The van der Waals surface area contributed by atoms with Crippen molar-refractivity contribution in [3.63, 3.8) is 0 Å². The van der Waals surface area contributed by atoms with Gasteiger partial charge in [0, 0.05) is 29.7 Å². The quantitative estimate of drug-likeness (QED) is 0.883. The largest absolute Gasteiger partial charge is 0.379 e. The van der Waals surface area contributed by atoms with Gasteiger partial charge in [-0.1, -0.05) is 19.9 Å². The summed E-state index contributed by atoms with van der Waals surface area (Å²) in [5.74, 6) is -0.962. The summed E-state index contributed by atoms with van der Waals surface area (Å²) >= 11 is 0. The highest BCUT2D eigenvalue weighted by Crippen LogP contribution is 2.38. The predicted octanol–water partition coefficient (Wildman–Crippen LogP) is 1.43. The van der Waals surface area contributed by atoms with E-state index in [1.807, 2.05) is 13.8 Å². The van der Waals surface area contributed by atoms with Gasteiger partial charge in [0.05, 0.1) is 31.1 Å². The number of rotatable bonds is 4. The molecule has 1 aromatic rings. The van der Waals surface area contributed by atoms with E-state index in [0.29, 0.717) is 36.3 Å². The average Bonchev–Trinajstić information content (AvgIpc) is 3.24. The summed E-state index contributed by atoms with van der Waals surface area (Å²) in [6, 6.07) is -0.692. The van der Waals surface area contributed by atoms with E-state index in [2.05, 4.69) is 10.3 Å². The maximum Gasteiger partial charge on any atom is 0.255 e. The lowest BCUT2D eigenvalue weighted by Gasteiger charge is -2.37. The molecule has 0 saturated carbocycles. The Morgan fingerprint density at radius 1 is 1.46 bits per heavy atom. The van der Waals surface area contributed by atoms with Gasteiger partial charge in [-0.3, -0.25) is 14.6 Å². The summed E-state index contributed by atoms with van der Waals surface area (Å²) < 4.78 is 19.7. The van der Waals surface area contributed by atoms with Crippen LogP contribution in [-0.2, 0) is 27.3 Å². The molecule has 0 bridgehead atoms. The summed E-state index contributed by atoms with van der Waals surface area (Å²) in [6.45, 7) is 5.00. The van der Waals surface area contributed by atoms with Crippen molar-refractivity contribution >= 4 is 17.4 Å². The number of hydrogen-bond donors (Lipinski definition) is 1.